The minimum Gasteiger partial charge on any atom is -0.396 e. The molecule has 3 nitrogen and oxygen atoms in total. The number of benzene rings is 1. The fraction of sp³-hybridized carbons (Fsp3) is 0.462. The lowest BCUT2D eigenvalue weighted by Gasteiger charge is -2.19. The van der Waals surface area contributed by atoms with Crippen molar-refractivity contribution in [2.75, 3.05) is 6.61 Å². The van der Waals surface area contributed by atoms with E-state index in [1.807, 2.05) is 13.8 Å². The number of amides is 1. The Labute approximate surface area is 101 Å². The van der Waals surface area contributed by atoms with Gasteiger partial charge in [0.1, 0.15) is 5.82 Å². The van der Waals surface area contributed by atoms with Crippen LogP contribution in [0.25, 0.3) is 0 Å². The molecule has 2 unspecified atom stereocenters. The van der Waals surface area contributed by atoms with Gasteiger partial charge in [0.05, 0.1) is 0 Å². The van der Waals surface area contributed by atoms with Gasteiger partial charge in [-0.3, -0.25) is 4.79 Å². The number of rotatable bonds is 4. The van der Waals surface area contributed by atoms with Gasteiger partial charge in [-0.2, -0.15) is 0 Å². The van der Waals surface area contributed by atoms with E-state index in [-0.39, 0.29) is 30.3 Å². The Kier molecular flexibility index (Phi) is 4.63. The summed E-state index contributed by atoms with van der Waals surface area (Å²) in [6.07, 6.45) is 0. The molecule has 0 aliphatic heterocycles. The number of hydrogen-bond donors (Lipinski definition) is 2. The van der Waals surface area contributed by atoms with Crippen molar-refractivity contribution in [3.63, 3.8) is 0 Å². The van der Waals surface area contributed by atoms with E-state index < -0.39 is 0 Å². The first kappa shape index (κ1) is 13.6. The number of halogens is 1. The lowest BCUT2D eigenvalue weighted by atomic mass is 10.0. The van der Waals surface area contributed by atoms with Gasteiger partial charge in [0.2, 0.25) is 0 Å². The highest BCUT2D eigenvalue weighted by Gasteiger charge is 2.16. The van der Waals surface area contributed by atoms with E-state index >= 15 is 0 Å². The van der Waals surface area contributed by atoms with Crippen molar-refractivity contribution in [3.8, 4) is 0 Å². The summed E-state index contributed by atoms with van der Waals surface area (Å²) in [6.45, 7) is 5.39. The van der Waals surface area contributed by atoms with Gasteiger partial charge in [0, 0.05) is 18.2 Å². The van der Waals surface area contributed by atoms with Crippen molar-refractivity contribution in [3.05, 3.63) is 35.1 Å². The number of aliphatic hydroxyl groups excluding tert-OH is 1. The van der Waals surface area contributed by atoms with Crippen molar-refractivity contribution in [1.82, 2.24) is 5.32 Å². The van der Waals surface area contributed by atoms with Crippen LogP contribution in [0.4, 0.5) is 4.39 Å². The monoisotopic (exact) mass is 239 g/mol. The zero-order chi connectivity index (χ0) is 13.0. The molecule has 2 N–H and O–H groups in total. The lowest BCUT2D eigenvalue weighted by molar-refractivity contribution is 0.0915. The summed E-state index contributed by atoms with van der Waals surface area (Å²) in [4.78, 5) is 11.9. The largest absolute Gasteiger partial charge is 0.396 e. The van der Waals surface area contributed by atoms with Crippen LogP contribution in [0.5, 0.6) is 0 Å². The van der Waals surface area contributed by atoms with Gasteiger partial charge in [-0.15, -0.1) is 0 Å². The Bertz CT molecular complexity index is 406. The summed E-state index contributed by atoms with van der Waals surface area (Å²) in [6, 6.07) is 3.94. The first-order valence-corrected chi connectivity index (χ1v) is 5.63. The molecule has 0 spiro atoms. The maximum atomic E-state index is 12.9. The van der Waals surface area contributed by atoms with Crippen LogP contribution in [0.3, 0.4) is 0 Å². The van der Waals surface area contributed by atoms with Gasteiger partial charge in [-0.1, -0.05) is 6.92 Å². The second-order valence-corrected chi connectivity index (χ2v) is 4.38. The topological polar surface area (TPSA) is 49.3 Å². The molecule has 0 bridgehead atoms. The summed E-state index contributed by atoms with van der Waals surface area (Å²) in [5.74, 6) is -0.606. The maximum Gasteiger partial charge on any atom is 0.251 e. The molecule has 0 heterocycles. The van der Waals surface area contributed by atoms with Gasteiger partial charge >= 0.3 is 0 Å². The Hall–Kier alpha value is -1.42. The second kappa shape index (κ2) is 5.77. The highest BCUT2D eigenvalue weighted by Crippen LogP contribution is 2.11. The quantitative estimate of drug-likeness (QED) is 0.842. The third kappa shape index (κ3) is 3.53. The molecule has 0 saturated heterocycles. The molecule has 94 valence electrons. The Morgan fingerprint density at radius 1 is 1.47 bits per heavy atom. The van der Waals surface area contributed by atoms with Crippen molar-refractivity contribution in [2.24, 2.45) is 5.92 Å². The normalized spacial score (nSPS) is 14.2. The average Bonchev–Trinajstić information content (AvgIpc) is 2.27. The predicted octanol–water partition coefficient (Wildman–Crippen LogP) is 1.88. The summed E-state index contributed by atoms with van der Waals surface area (Å²) in [5, 5.41) is 11.8. The summed E-state index contributed by atoms with van der Waals surface area (Å²) in [5.41, 5.74) is 1.06. The fourth-order valence-electron chi connectivity index (χ4n) is 1.47. The van der Waals surface area contributed by atoms with Crippen molar-refractivity contribution >= 4 is 5.91 Å². The van der Waals surface area contributed by atoms with E-state index in [1.54, 1.807) is 6.92 Å². The third-order valence-electron chi connectivity index (χ3n) is 2.93. The molecule has 2 atom stereocenters. The highest BCUT2D eigenvalue weighted by atomic mass is 19.1. The first-order valence-electron chi connectivity index (χ1n) is 5.63. The molecule has 1 amide bonds. The van der Waals surface area contributed by atoms with Crippen LogP contribution < -0.4 is 5.32 Å². The highest BCUT2D eigenvalue weighted by molar-refractivity contribution is 5.95. The Morgan fingerprint density at radius 2 is 2.12 bits per heavy atom. The molecule has 0 fully saturated rings. The van der Waals surface area contributed by atoms with Crippen LogP contribution in [0.15, 0.2) is 18.2 Å². The number of carbonyl (C=O) groups excluding carboxylic acids is 1. The standard InChI is InChI=1S/C13H18FNO2/c1-8-6-11(14)4-5-12(8)13(17)15-10(3)9(2)7-16/h4-6,9-10,16H,7H2,1-3H3,(H,15,17). The molecule has 0 aromatic heterocycles. The average molecular weight is 239 g/mol. The molecule has 0 aliphatic rings. The van der Waals surface area contributed by atoms with Crippen molar-refractivity contribution < 1.29 is 14.3 Å². The van der Waals surface area contributed by atoms with Crippen molar-refractivity contribution in [2.45, 2.75) is 26.8 Å². The molecule has 17 heavy (non-hydrogen) atoms. The number of aryl methyl sites for hydroxylation is 1. The third-order valence-corrected chi connectivity index (χ3v) is 2.93. The zero-order valence-corrected chi connectivity index (χ0v) is 10.3. The molecule has 0 saturated carbocycles. The minimum atomic E-state index is -0.351. The first-order chi connectivity index (χ1) is 7.95. The van der Waals surface area contributed by atoms with Crippen LogP contribution in [0, 0.1) is 18.7 Å². The SMILES string of the molecule is Cc1cc(F)ccc1C(=O)NC(C)C(C)CO. The lowest BCUT2D eigenvalue weighted by Crippen LogP contribution is -2.38. The molecule has 1 aromatic carbocycles. The smallest absolute Gasteiger partial charge is 0.251 e. The van der Waals surface area contributed by atoms with Crippen LogP contribution in [-0.2, 0) is 0 Å². The predicted molar refractivity (Wildman–Crippen MR) is 64.3 cm³/mol. The van der Waals surface area contributed by atoms with E-state index in [0.29, 0.717) is 11.1 Å². The summed E-state index contributed by atoms with van der Waals surface area (Å²) < 4.78 is 12.9. The molecule has 4 heteroatoms. The number of carbonyl (C=O) groups is 1. The molecular formula is C13H18FNO2. The summed E-state index contributed by atoms with van der Waals surface area (Å²) >= 11 is 0. The second-order valence-electron chi connectivity index (χ2n) is 4.38. The van der Waals surface area contributed by atoms with E-state index in [1.165, 1.54) is 18.2 Å². The van der Waals surface area contributed by atoms with E-state index in [2.05, 4.69) is 5.32 Å². The zero-order valence-electron chi connectivity index (χ0n) is 10.3. The van der Waals surface area contributed by atoms with Crippen molar-refractivity contribution in [1.29, 1.82) is 0 Å². The van der Waals surface area contributed by atoms with Crippen LogP contribution >= 0.6 is 0 Å². The van der Waals surface area contributed by atoms with E-state index in [0.717, 1.165) is 0 Å². The van der Waals surface area contributed by atoms with Gasteiger partial charge in [-0.05, 0) is 43.5 Å². The number of hydrogen-bond acceptors (Lipinski definition) is 2. The maximum absolute atomic E-state index is 12.9. The Balaban J connectivity index is 2.76. The fourth-order valence-corrected chi connectivity index (χ4v) is 1.47. The molecule has 0 radical (unpaired) electrons. The Morgan fingerprint density at radius 3 is 2.65 bits per heavy atom. The molecule has 0 aliphatic carbocycles. The van der Waals surface area contributed by atoms with Gasteiger partial charge in [0.25, 0.3) is 5.91 Å². The van der Waals surface area contributed by atoms with Crippen LogP contribution in [0.2, 0.25) is 0 Å². The molecule has 1 rings (SSSR count). The molecule has 1 aromatic rings. The van der Waals surface area contributed by atoms with Gasteiger partial charge in [0.15, 0.2) is 0 Å². The summed E-state index contributed by atoms with van der Waals surface area (Å²) in [7, 11) is 0. The minimum absolute atomic E-state index is 0.0142. The van der Waals surface area contributed by atoms with Crippen LogP contribution in [-0.4, -0.2) is 23.7 Å². The van der Waals surface area contributed by atoms with Crippen LogP contribution in [0.1, 0.15) is 29.8 Å². The van der Waals surface area contributed by atoms with Gasteiger partial charge in [-0.25, -0.2) is 4.39 Å². The van der Waals surface area contributed by atoms with E-state index in [9.17, 15) is 9.18 Å². The number of aliphatic hydroxyl groups is 1. The number of nitrogens with one attached hydrogen (secondary N) is 1. The van der Waals surface area contributed by atoms with Gasteiger partial charge < -0.3 is 10.4 Å². The molecular weight excluding hydrogens is 221 g/mol. The van der Waals surface area contributed by atoms with E-state index in [4.69, 9.17) is 5.11 Å².